The van der Waals surface area contributed by atoms with Crippen molar-refractivity contribution in [1.82, 2.24) is 25.3 Å². The van der Waals surface area contributed by atoms with Crippen LogP contribution in [0.2, 0.25) is 0 Å². The fraction of sp³-hybridized carbons (Fsp3) is 0.167. The molecule has 10 heteroatoms. The fourth-order valence-electron chi connectivity index (χ4n) is 3.24. The quantitative estimate of drug-likeness (QED) is 0.392. The van der Waals surface area contributed by atoms with Gasteiger partial charge >= 0.3 is 0 Å². The van der Waals surface area contributed by atoms with E-state index in [4.69, 9.17) is 9.47 Å². The van der Waals surface area contributed by atoms with Crippen molar-refractivity contribution in [3.05, 3.63) is 89.6 Å². The number of nitrogens with zero attached hydrogens (tertiary/aromatic N) is 4. The Bertz CT molecular complexity index is 1250. The van der Waals surface area contributed by atoms with Gasteiger partial charge in [0.05, 0.1) is 39.1 Å². The predicted molar refractivity (Wildman–Crippen MR) is 124 cm³/mol. The zero-order valence-corrected chi connectivity index (χ0v) is 18.7. The fourth-order valence-corrected chi connectivity index (χ4v) is 3.24. The van der Waals surface area contributed by atoms with E-state index in [-0.39, 0.29) is 18.3 Å². The zero-order valence-electron chi connectivity index (χ0n) is 18.7. The average molecular weight is 462 g/mol. The third-order valence-corrected chi connectivity index (χ3v) is 4.94. The van der Waals surface area contributed by atoms with Crippen LogP contribution in [-0.4, -0.2) is 40.1 Å². The summed E-state index contributed by atoms with van der Waals surface area (Å²) in [7, 11) is 3.13. The highest BCUT2D eigenvalue weighted by molar-refractivity contribution is 5.99. The summed E-state index contributed by atoms with van der Waals surface area (Å²) in [5.41, 5.74) is 2.50. The summed E-state index contributed by atoms with van der Waals surface area (Å²) < 4.78 is 25.3. The largest absolute Gasteiger partial charge is 0.497 e. The summed E-state index contributed by atoms with van der Waals surface area (Å²) in [5, 5.41) is 14.1. The number of hydrogen-bond acceptors (Lipinski definition) is 7. The minimum atomic E-state index is -0.321. The summed E-state index contributed by atoms with van der Waals surface area (Å²) in [6.45, 7) is 0.630. The molecule has 2 heterocycles. The number of benzene rings is 2. The number of nitrogens with one attached hydrogen (secondary N) is 2. The molecule has 0 saturated heterocycles. The van der Waals surface area contributed by atoms with Crippen LogP contribution in [0.25, 0.3) is 0 Å². The first-order valence-corrected chi connectivity index (χ1v) is 10.4. The Morgan fingerprint density at radius 1 is 1.06 bits per heavy atom. The molecule has 1 amide bonds. The van der Waals surface area contributed by atoms with Crippen molar-refractivity contribution in [1.29, 1.82) is 0 Å². The molecule has 174 valence electrons. The van der Waals surface area contributed by atoms with Gasteiger partial charge in [-0.3, -0.25) is 4.79 Å². The van der Waals surface area contributed by atoms with Crippen LogP contribution in [0, 0.1) is 5.82 Å². The van der Waals surface area contributed by atoms with Gasteiger partial charge in [0.25, 0.3) is 5.91 Å². The molecule has 4 aromatic rings. The van der Waals surface area contributed by atoms with Crippen molar-refractivity contribution in [3.63, 3.8) is 0 Å². The molecular formula is C24H23FN6O3. The number of halogens is 1. The van der Waals surface area contributed by atoms with E-state index in [1.54, 1.807) is 73.8 Å². The number of carbonyl (C=O) groups excluding carboxylic acids is 1. The Balaban J connectivity index is 1.42. The molecule has 0 radical (unpaired) electrons. The van der Waals surface area contributed by atoms with Gasteiger partial charge in [-0.25, -0.2) is 14.1 Å². The van der Waals surface area contributed by atoms with E-state index in [2.05, 4.69) is 25.9 Å². The van der Waals surface area contributed by atoms with Gasteiger partial charge in [0, 0.05) is 30.1 Å². The van der Waals surface area contributed by atoms with Crippen molar-refractivity contribution >= 4 is 17.4 Å². The summed E-state index contributed by atoms with van der Waals surface area (Å²) in [6, 6.07) is 14.8. The number of methoxy groups -OCH3 is 2. The Morgan fingerprint density at radius 3 is 2.50 bits per heavy atom. The molecule has 4 rings (SSSR count). The van der Waals surface area contributed by atoms with Crippen LogP contribution >= 0.6 is 0 Å². The maximum atomic E-state index is 13.1. The predicted octanol–water partition coefficient (Wildman–Crippen LogP) is 3.55. The topological polar surface area (TPSA) is 103 Å². The number of anilines is 2. The van der Waals surface area contributed by atoms with Gasteiger partial charge in [0.2, 0.25) is 0 Å². The van der Waals surface area contributed by atoms with E-state index in [0.29, 0.717) is 40.8 Å². The Hall–Kier alpha value is -4.47. The lowest BCUT2D eigenvalue weighted by Crippen LogP contribution is -2.24. The normalized spacial score (nSPS) is 10.6. The minimum Gasteiger partial charge on any atom is -0.497 e. The lowest BCUT2D eigenvalue weighted by atomic mass is 10.2. The first-order chi connectivity index (χ1) is 16.5. The number of rotatable bonds is 9. The maximum Gasteiger partial charge on any atom is 0.255 e. The highest BCUT2D eigenvalue weighted by atomic mass is 19.1. The number of hydrogen-bond donors (Lipinski definition) is 2. The van der Waals surface area contributed by atoms with Gasteiger partial charge in [0.15, 0.2) is 0 Å². The molecule has 0 atom stereocenters. The molecule has 0 aliphatic rings. The van der Waals surface area contributed by atoms with Crippen molar-refractivity contribution < 1.29 is 18.7 Å². The SMILES string of the molecule is COc1cc(Nc2ncccc2C(=O)NCc2cn(Cc3ccc(F)cc3)nn2)cc(OC)c1. The molecule has 9 nitrogen and oxygen atoms in total. The number of ether oxygens (including phenoxy) is 2. The third kappa shape index (κ3) is 5.66. The van der Waals surface area contributed by atoms with Crippen LogP contribution in [-0.2, 0) is 13.1 Å². The Kier molecular flexibility index (Phi) is 6.97. The highest BCUT2D eigenvalue weighted by Gasteiger charge is 2.14. The second-order valence-corrected chi connectivity index (χ2v) is 7.34. The average Bonchev–Trinajstić information content (AvgIpc) is 3.31. The summed E-state index contributed by atoms with van der Waals surface area (Å²) >= 11 is 0. The molecule has 0 aliphatic heterocycles. The maximum absolute atomic E-state index is 13.1. The van der Waals surface area contributed by atoms with Gasteiger partial charge in [-0.05, 0) is 29.8 Å². The number of carbonyl (C=O) groups is 1. The van der Waals surface area contributed by atoms with Crippen LogP contribution < -0.4 is 20.1 Å². The van der Waals surface area contributed by atoms with E-state index in [1.165, 1.54) is 12.1 Å². The van der Waals surface area contributed by atoms with Crippen molar-refractivity contribution in [3.8, 4) is 11.5 Å². The second-order valence-electron chi connectivity index (χ2n) is 7.34. The van der Waals surface area contributed by atoms with E-state index in [0.717, 1.165) is 5.56 Å². The summed E-state index contributed by atoms with van der Waals surface area (Å²) in [5.74, 6) is 0.981. The van der Waals surface area contributed by atoms with Gasteiger partial charge in [-0.15, -0.1) is 5.10 Å². The molecule has 0 bridgehead atoms. The minimum absolute atomic E-state index is 0.184. The first-order valence-electron chi connectivity index (χ1n) is 10.4. The van der Waals surface area contributed by atoms with E-state index in [1.807, 2.05) is 0 Å². The van der Waals surface area contributed by atoms with Gasteiger partial charge < -0.3 is 20.1 Å². The molecule has 0 spiro atoms. The molecule has 0 saturated carbocycles. The lowest BCUT2D eigenvalue weighted by Gasteiger charge is -2.13. The number of amides is 1. The molecule has 0 fully saturated rings. The van der Waals surface area contributed by atoms with Crippen LogP contribution in [0.15, 0.2) is 67.0 Å². The molecule has 2 aromatic carbocycles. The van der Waals surface area contributed by atoms with E-state index in [9.17, 15) is 9.18 Å². The van der Waals surface area contributed by atoms with Gasteiger partial charge in [-0.2, -0.15) is 0 Å². The van der Waals surface area contributed by atoms with Crippen molar-refractivity contribution in [2.24, 2.45) is 0 Å². The molecule has 2 aromatic heterocycles. The molecule has 0 unspecified atom stereocenters. The van der Waals surface area contributed by atoms with Crippen LogP contribution in [0.5, 0.6) is 11.5 Å². The molecule has 2 N–H and O–H groups in total. The van der Waals surface area contributed by atoms with E-state index < -0.39 is 0 Å². The standard InChI is InChI=1S/C24H23FN6O3/c1-33-20-10-18(11-21(12-20)34-2)28-23-22(4-3-9-26-23)24(32)27-13-19-15-31(30-29-19)14-16-5-7-17(25)8-6-16/h3-12,15H,13-14H2,1-2H3,(H,26,28)(H,27,32). The summed E-state index contributed by atoms with van der Waals surface area (Å²) in [4.78, 5) is 17.2. The monoisotopic (exact) mass is 462 g/mol. The Labute approximate surface area is 195 Å². The van der Waals surface area contributed by atoms with Crippen LogP contribution in [0.1, 0.15) is 21.6 Å². The third-order valence-electron chi connectivity index (χ3n) is 4.94. The van der Waals surface area contributed by atoms with Crippen LogP contribution in [0.4, 0.5) is 15.9 Å². The zero-order chi connectivity index (χ0) is 23.9. The highest BCUT2D eigenvalue weighted by Crippen LogP contribution is 2.28. The van der Waals surface area contributed by atoms with Crippen molar-refractivity contribution in [2.75, 3.05) is 19.5 Å². The van der Waals surface area contributed by atoms with Gasteiger partial charge in [-0.1, -0.05) is 17.3 Å². The van der Waals surface area contributed by atoms with Crippen LogP contribution in [0.3, 0.4) is 0 Å². The number of pyridine rings is 1. The van der Waals surface area contributed by atoms with Gasteiger partial charge in [0.1, 0.15) is 28.8 Å². The Morgan fingerprint density at radius 2 is 1.79 bits per heavy atom. The lowest BCUT2D eigenvalue weighted by molar-refractivity contribution is 0.0951. The first kappa shape index (κ1) is 22.7. The molecule has 0 aliphatic carbocycles. The smallest absolute Gasteiger partial charge is 0.255 e. The molecular weight excluding hydrogens is 439 g/mol. The van der Waals surface area contributed by atoms with Crippen molar-refractivity contribution in [2.45, 2.75) is 13.1 Å². The summed E-state index contributed by atoms with van der Waals surface area (Å²) in [6.07, 6.45) is 3.33. The molecule has 34 heavy (non-hydrogen) atoms. The number of aromatic nitrogens is 4. The second kappa shape index (κ2) is 10.4. The van der Waals surface area contributed by atoms with E-state index >= 15 is 0 Å².